The first-order valence-electron chi connectivity index (χ1n) is 4.21. The fraction of sp³-hybridized carbons (Fsp3) is 1.00. The topological polar surface area (TPSA) is 0 Å². The van der Waals surface area contributed by atoms with E-state index >= 15 is 0 Å². The quantitative estimate of drug-likeness (QED) is 0.645. The Morgan fingerprint density at radius 2 is 1.18 bits per heavy atom. The van der Waals surface area contributed by atoms with E-state index in [9.17, 15) is 0 Å². The number of hydrogen-bond donors (Lipinski definition) is 0. The van der Waals surface area contributed by atoms with Gasteiger partial charge in [0.05, 0.1) is 0 Å². The van der Waals surface area contributed by atoms with Crippen LogP contribution in [0.1, 0.15) is 27.7 Å². The van der Waals surface area contributed by atoms with Crippen molar-refractivity contribution in [2.24, 2.45) is 11.8 Å². The summed E-state index contributed by atoms with van der Waals surface area (Å²) in [5.74, 6) is 1.65. The van der Waals surface area contributed by atoms with Gasteiger partial charge in [-0.25, -0.2) is 0 Å². The van der Waals surface area contributed by atoms with Gasteiger partial charge < -0.3 is 0 Å². The fourth-order valence-corrected chi connectivity index (χ4v) is 15.9. The molecule has 0 aromatic rings. The normalized spacial score (nSPS) is 13.1. The van der Waals surface area contributed by atoms with E-state index in [0.29, 0.717) is 0 Å². The van der Waals surface area contributed by atoms with Gasteiger partial charge in [-0.3, -0.25) is 0 Å². The maximum atomic E-state index is 3.89. The van der Waals surface area contributed by atoms with Gasteiger partial charge in [0.15, 0.2) is 0 Å². The summed E-state index contributed by atoms with van der Waals surface area (Å²) in [7, 11) is 0. The van der Waals surface area contributed by atoms with E-state index in [1.807, 2.05) is 0 Å². The van der Waals surface area contributed by atoms with Crippen LogP contribution in [-0.2, 0) is 12.4 Å². The Morgan fingerprint density at radius 1 is 0.909 bits per heavy atom. The predicted molar refractivity (Wildman–Crippen MR) is 57.1 cm³/mol. The molecule has 68 valence electrons. The Labute approximate surface area is 87.0 Å². The van der Waals surface area contributed by atoms with Gasteiger partial charge in [0.25, 0.3) is 0 Å². The van der Waals surface area contributed by atoms with E-state index < -0.39 is 12.4 Å². The van der Waals surface area contributed by atoms with Crippen LogP contribution in [0.25, 0.3) is 0 Å². The van der Waals surface area contributed by atoms with E-state index in [2.05, 4.69) is 54.0 Å². The molecule has 0 aliphatic rings. The second-order valence-electron chi connectivity index (χ2n) is 4.05. The summed E-state index contributed by atoms with van der Waals surface area (Å²) in [4.78, 5) is 0. The Balaban J connectivity index is 3.79. The van der Waals surface area contributed by atoms with Crippen molar-refractivity contribution in [3.63, 3.8) is 0 Å². The number of hydrogen-bond acceptors (Lipinski definition) is 0. The first-order valence-corrected chi connectivity index (χ1v) is 14.1. The molecule has 0 spiro atoms. The molecule has 0 aromatic carbocycles. The molecule has 0 rings (SSSR count). The van der Waals surface area contributed by atoms with Gasteiger partial charge in [-0.1, -0.05) is 0 Å². The predicted octanol–water partition coefficient (Wildman–Crippen LogP) is 4.91. The maximum absolute atomic E-state index is 3.89. The number of halogens is 2. The van der Waals surface area contributed by atoms with Crippen molar-refractivity contribution in [1.82, 2.24) is 0 Å². The Hall–Kier alpha value is 1.67. The monoisotopic (exact) mass is 320 g/mol. The molecule has 0 aliphatic carbocycles. The molecule has 0 fully saturated rings. The Bertz CT molecular complexity index is 98.7. The van der Waals surface area contributed by atoms with Gasteiger partial charge in [-0.05, 0) is 0 Å². The van der Waals surface area contributed by atoms with E-state index in [1.165, 1.54) is 9.45 Å². The van der Waals surface area contributed by atoms with Gasteiger partial charge in [0, 0.05) is 0 Å². The molecule has 0 saturated heterocycles. The van der Waals surface area contributed by atoms with Crippen LogP contribution >= 0.6 is 26.3 Å². The third-order valence-corrected chi connectivity index (χ3v) is 11.2. The standard InChI is InChI=1S/2C4H9.2BrH.Ti/c2*1-4(2)3;;;/h2*4H,1H2,2-3H3;2*1H;/q;;;;+2/p-2. The Morgan fingerprint density at radius 3 is 1.36 bits per heavy atom. The van der Waals surface area contributed by atoms with Crippen molar-refractivity contribution in [3.05, 3.63) is 0 Å². The number of rotatable bonds is 4. The van der Waals surface area contributed by atoms with Crippen LogP contribution in [0.2, 0.25) is 9.45 Å². The zero-order valence-corrected chi connectivity index (χ0v) is 12.6. The molecule has 3 heteroatoms. The molecule has 0 heterocycles. The van der Waals surface area contributed by atoms with Crippen LogP contribution in [0.15, 0.2) is 0 Å². The molecule has 0 amide bonds. The summed E-state index contributed by atoms with van der Waals surface area (Å²) in [5.41, 5.74) is 0. The first kappa shape index (κ1) is 12.7. The van der Waals surface area contributed by atoms with Crippen LogP contribution < -0.4 is 0 Å². The molecule has 11 heavy (non-hydrogen) atoms. The van der Waals surface area contributed by atoms with Gasteiger partial charge in [-0.15, -0.1) is 0 Å². The molecule has 0 bridgehead atoms. The van der Waals surface area contributed by atoms with Crippen molar-refractivity contribution in [1.29, 1.82) is 0 Å². The second-order valence-corrected chi connectivity index (χ2v) is 24.9. The van der Waals surface area contributed by atoms with Crippen molar-refractivity contribution >= 4 is 26.3 Å². The zero-order valence-electron chi connectivity index (χ0n) is 7.82. The summed E-state index contributed by atoms with van der Waals surface area (Å²) < 4.78 is 2.75. The van der Waals surface area contributed by atoms with Crippen LogP contribution in [0, 0.1) is 11.8 Å². The van der Waals surface area contributed by atoms with Crippen LogP contribution in [0.3, 0.4) is 0 Å². The Kier molecular flexibility index (Phi) is 6.24. The second kappa shape index (κ2) is 5.41. The molecule has 0 unspecified atom stereocenters. The third-order valence-electron chi connectivity index (χ3n) is 1.41. The van der Waals surface area contributed by atoms with Crippen molar-refractivity contribution in [3.8, 4) is 0 Å². The van der Waals surface area contributed by atoms with Crippen LogP contribution in [-0.4, -0.2) is 0 Å². The van der Waals surface area contributed by atoms with E-state index in [0.717, 1.165) is 11.8 Å². The van der Waals surface area contributed by atoms with Crippen molar-refractivity contribution < 1.29 is 12.4 Å². The van der Waals surface area contributed by atoms with Gasteiger partial charge in [0.1, 0.15) is 0 Å². The average Bonchev–Trinajstić information content (AvgIpc) is 1.53. The van der Waals surface area contributed by atoms with Crippen LogP contribution in [0.4, 0.5) is 0 Å². The van der Waals surface area contributed by atoms with Crippen molar-refractivity contribution in [2.75, 3.05) is 0 Å². The summed E-state index contributed by atoms with van der Waals surface area (Å²) in [5, 5.41) is 0. The van der Waals surface area contributed by atoms with Crippen LogP contribution in [0.5, 0.6) is 0 Å². The molecule has 0 radical (unpaired) electrons. The van der Waals surface area contributed by atoms with Gasteiger partial charge >= 0.3 is 87.7 Å². The molecule has 0 aliphatic heterocycles. The molecule has 0 N–H and O–H groups in total. The molecular formula is C8H18Br2Ti. The minimum atomic E-state index is -1.69. The first-order chi connectivity index (χ1) is 4.83. The molecule has 0 aromatic heterocycles. The summed E-state index contributed by atoms with van der Waals surface area (Å²) in [6.07, 6.45) is 0. The van der Waals surface area contributed by atoms with Gasteiger partial charge in [-0.2, -0.15) is 0 Å². The summed E-state index contributed by atoms with van der Waals surface area (Å²) in [6.45, 7) is 9.18. The SMILES string of the molecule is CC(C)[CH2][Ti]([Br])([Br])[CH2]C(C)C. The van der Waals surface area contributed by atoms with Gasteiger partial charge in [0.2, 0.25) is 0 Å². The average molecular weight is 322 g/mol. The molecular weight excluding hydrogens is 304 g/mol. The van der Waals surface area contributed by atoms with E-state index in [-0.39, 0.29) is 0 Å². The minimum absolute atomic E-state index is 0.826. The molecule has 0 nitrogen and oxygen atoms in total. The molecule has 0 saturated carbocycles. The third kappa shape index (κ3) is 8.02. The summed E-state index contributed by atoms with van der Waals surface area (Å²) >= 11 is 6.09. The van der Waals surface area contributed by atoms with Crippen molar-refractivity contribution in [2.45, 2.75) is 37.1 Å². The zero-order chi connectivity index (χ0) is 9.07. The summed E-state index contributed by atoms with van der Waals surface area (Å²) in [6, 6.07) is 0. The van der Waals surface area contributed by atoms with E-state index in [4.69, 9.17) is 0 Å². The fourth-order valence-electron chi connectivity index (χ4n) is 1.28. The van der Waals surface area contributed by atoms with E-state index in [1.54, 1.807) is 0 Å². The molecule has 0 atom stereocenters.